The topological polar surface area (TPSA) is 66.4 Å². The lowest BCUT2D eigenvalue weighted by molar-refractivity contribution is -0.143. The Morgan fingerprint density at radius 3 is 2.50 bits per heavy atom. The number of carbonyl (C=O) groups is 2. The Balaban J connectivity index is 2.23. The Bertz CT molecular complexity index is 453. The summed E-state index contributed by atoms with van der Waals surface area (Å²) in [4.78, 5) is 22.4. The fraction of sp³-hybridized carbons (Fsp3) is 0.429. The van der Waals surface area contributed by atoms with Crippen LogP contribution in [-0.4, -0.2) is 23.4 Å². The molecule has 18 heavy (non-hydrogen) atoms. The van der Waals surface area contributed by atoms with Crippen molar-refractivity contribution in [1.82, 2.24) is 5.32 Å². The van der Waals surface area contributed by atoms with Crippen LogP contribution in [0.3, 0.4) is 0 Å². The predicted molar refractivity (Wildman–Crippen MR) is 67.6 cm³/mol. The molecule has 1 heterocycles. The van der Waals surface area contributed by atoms with E-state index in [1.54, 1.807) is 12.1 Å². The van der Waals surface area contributed by atoms with E-state index >= 15 is 0 Å². The van der Waals surface area contributed by atoms with Crippen molar-refractivity contribution in [2.45, 2.75) is 25.8 Å². The zero-order chi connectivity index (χ0) is 13.1. The number of carboxylic acid groups (broad SMARTS) is 1. The van der Waals surface area contributed by atoms with E-state index < -0.39 is 5.97 Å². The summed E-state index contributed by atoms with van der Waals surface area (Å²) in [5.41, 5.74) is 1.59. The van der Waals surface area contributed by atoms with Gasteiger partial charge in [-0.25, -0.2) is 0 Å². The second-order valence-electron chi connectivity index (χ2n) is 4.70. The molecule has 0 saturated carbocycles. The molecule has 1 aromatic carbocycles. The van der Waals surface area contributed by atoms with Crippen molar-refractivity contribution in [2.24, 2.45) is 5.92 Å². The van der Waals surface area contributed by atoms with E-state index in [1.165, 1.54) is 6.92 Å². The highest BCUT2D eigenvalue weighted by Gasteiger charge is 2.31. The molecule has 4 nitrogen and oxygen atoms in total. The third kappa shape index (κ3) is 2.59. The van der Waals surface area contributed by atoms with Gasteiger partial charge in [-0.3, -0.25) is 9.59 Å². The van der Waals surface area contributed by atoms with Gasteiger partial charge in [-0.05, 0) is 31.9 Å². The number of nitrogens with one attached hydrogen (secondary N) is 1. The minimum atomic E-state index is -0.761. The lowest BCUT2D eigenvalue weighted by atomic mass is 9.86. The number of carbonyl (C=O) groups excluding carboxylic acids is 1. The van der Waals surface area contributed by atoms with Gasteiger partial charge in [0.25, 0.3) is 0 Å². The van der Waals surface area contributed by atoms with Crippen LogP contribution in [-0.2, 0) is 4.79 Å². The lowest BCUT2D eigenvalue weighted by Gasteiger charge is -2.30. The van der Waals surface area contributed by atoms with Crippen LogP contribution in [0.5, 0.6) is 0 Å². The Hall–Kier alpha value is -1.68. The summed E-state index contributed by atoms with van der Waals surface area (Å²) >= 11 is 0. The maximum Gasteiger partial charge on any atom is 0.308 e. The standard InChI is InChI=1S/C14H17NO3/c1-9(16)10-4-6-11(7-5-10)13-12(14(17)18)3-2-8-15-13/h4-7,12-13,15H,2-3,8H2,1H3,(H,17,18). The van der Waals surface area contributed by atoms with E-state index in [4.69, 9.17) is 0 Å². The second kappa shape index (κ2) is 5.31. The van der Waals surface area contributed by atoms with Gasteiger partial charge >= 0.3 is 5.97 Å². The van der Waals surface area contributed by atoms with Crippen molar-refractivity contribution in [2.75, 3.05) is 6.54 Å². The van der Waals surface area contributed by atoms with Crippen LogP contribution >= 0.6 is 0 Å². The number of rotatable bonds is 3. The van der Waals surface area contributed by atoms with Crippen LogP contribution in [0.4, 0.5) is 0 Å². The molecule has 0 radical (unpaired) electrons. The largest absolute Gasteiger partial charge is 0.481 e. The van der Waals surface area contributed by atoms with Gasteiger partial charge in [0.05, 0.1) is 5.92 Å². The number of piperidine rings is 1. The Labute approximate surface area is 106 Å². The van der Waals surface area contributed by atoms with Crippen LogP contribution in [0.15, 0.2) is 24.3 Å². The van der Waals surface area contributed by atoms with E-state index in [0.29, 0.717) is 12.0 Å². The van der Waals surface area contributed by atoms with Crippen molar-refractivity contribution in [3.05, 3.63) is 35.4 Å². The van der Waals surface area contributed by atoms with Crippen LogP contribution in [0, 0.1) is 5.92 Å². The third-order valence-corrected chi connectivity index (χ3v) is 3.45. The van der Waals surface area contributed by atoms with E-state index in [2.05, 4.69) is 5.32 Å². The van der Waals surface area contributed by atoms with Gasteiger partial charge in [0.1, 0.15) is 0 Å². The molecule has 1 saturated heterocycles. The second-order valence-corrected chi connectivity index (χ2v) is 4.70. The first-order valence-corrected chi connectivity index (χ1v) is 6.16. The number of hydrogen-bond acceptors (Lipinski definition) is 3. The van der Waals surface area contributed by atoms with Crippen LogP contribution in [0.1, 0.15) is 41.7 Å². The van der Waals surface area contributed by atoms with Crippen molar-refractivity contribution in [3.63, 3.8) is 0 Å². The van der Waals surface area contributed by atoms with Crippen molar-refractivity contribution < 1.29 is 14.7 Å². The summed E-state index contributed by atoms with van der Waals surface area (Å²) in [7, 11) is 0. The number of aliphatic carboxylic acids is 1. The highest BCUT2D eigenvalue weighted by atomic mass is 16.4. The van der Waals surface area contributed by atoms with Gasteiger partial charge in [-0.1, -0.05) is 24.3 Å². The molecule has 0 aromatic heterocycles. The lowest BCUT2D eigenvalue weighted by Crippen LogP contribution is -2.38. The maximum absolute atomic E-state index is 11.2. The molecule has 96 valence electrons. The zero-order valence-electron chi connectivity index (χ0n) is 10.3. The molecule has 2 N–H and O–H groups in total. The van der Waals surface area contributed by atoms with Gasteiger partial charge in [0, 0.05) is 11.6 Å². The molecule has 0 spiro atoms. The Kier molecular flexibility index (Phi) is 3.77. The third-order valence-electron chi connectivity index (χ3n) is 3.45. The van der Waals surface area contributed by atoms with Crippen molar-refractivity contribution >= 4 is 11.8 Å². The minimum absolute atomic E-state index is 0.0212. The SMILES string of the molecule is CC(=O)c1ccc(C2NCCCC2C(=O)O)cc1. The van der Waals surface area contributed by atoms with Crippen molar-refractivity contribution in [1.29, 1.82) is 0 Å². The van der Waals surface area contributed by atoms with Gasteiger partial charge < -0.3 is 10.4 Å². The fourth-order valence-electron chi connectivity index (χ4n) is 2.43. The quantitative estimate of drug-likeness (QED) is 0.802. The molecular formula is C14H17NO3. The smallest absolute Gasteiger partial charge is 0.308 e. The van der Waals surface area contributed by atoms with E-state index in [1.807, 2.05) is 12.1 Å². The first-order valence-electron chi connectivity index (χ1n) is 6.16. The summed E-state index contributed by atoms with van der Waals surface area (Å²) in [6, 6.07) is 7.04. The highest BCUT2D eigenvalue weighted by molar-refractivity contribution is 5.94. The summed E-state index contributed by atoms with van der Waals surface area (Å²) in [6.45, 7) is 2.36. The Morgan fingerprint density at radius 2 is 1.94 bits per heavy atom. The molecule has 2 unspecified atom stereocenters. The molecule has 0 aliphatic carbocycles. The molecule has 1 aliphatic rings. The van der Waals surface area contributed by atoms with Gasteiger partial charge in [-0.2, -0.15) is 0 Å². The average Bonchev–Trinajstić information content (AvgIpc) is 2.39. The van der Waals surface area contributed by atoms with Crippen LogP contribution in [0.2, 0.25) is 0 Å². The molecule has 4 heteroatoms. The molecule has 0 amide bonds. The summed E-state index contributed by atoms with van der Waals surface area (Å²) < 4.78 is 0. The molecule has 2 atom stereocenters. The van der Waals surface area contributed by atoms with Gasteiger partial charge in [0.15, 0.2) is 5.78 Å². The van der Waals surface area contributed by atoms with E-state index in [0.717, 1.165) is 18.5 Å². The molecule has 2 rings (SSSR count). The predicted octanol–water partition coefficient (Wildman–Crippen LogP) is 2.01. The zero-order valence-corrected chi connectivity index (χ0v) is 10.3. The molecule has 0 bridgehead atoms. The number of benzene rings is 1. The van der Waals surface area contributed by atoms with Gasteiger partial charge in [-0.15, -0.1) is 0 Å². The van der Waals surface area contributed by atoms with Gasteiger partial charge in [0.2, 0.25) is 0 Å². The summed E-state index contributed by atoms with van der Waals surface area (Å²) in [5, 5.41) is 12.5. The van der Waals surface area contributed by atoms with Crippen LogP contribution < -0.4 is 5.32 Å². The summed E-state index contributed by atoms with van der Waals surface area (Å²) in [5.74, 6) is -1.13. The molecule has 1 aromatic rings. The number of ketones is 1. The first-order chi connectivity index (χ1) is 8.59. The highest BCUT2D eigenvalue weighted by Crippen LogP contribution is 2.29. The number of Topliss-reactive ketones (excluding diaryl/α,β-unsaturated/α-hetero) is 1. The van der Waals surface area contributed by atoms with Crippen molar-refractivity contribution in [3.8, 4) is 0 Å². The Morgan fingerprint density at radius 1 is 1.28 bits per heavy atom. The molecule has 1 fully saturated rings. The average molecular weight is 247 g/mol. The first kappa shape index (κ1) is 12.8. The summed E-state index contributed by atoms with van der Waals surface area (Å²) in [6.07, 6.45) is 1.58. The number of carboxylic acids is 1. The normalized spacial score (nSPS) is 23.6. The maximum atomic E-state index is 11.2. The number of hydrogen-bond donors (Lipinski definition) is 2. The van der Waals surface area contributed by atoms with Crippen LogP contribution in [0.25, 0.3) is 0 Å². The fourth-order valence-corrected chi connectivity index (χ4v) is 2.43. The molecule has 1 aliphatic heterocycles. The monoisotopic (exact) mass is 247 g/mol. The molecular weight excluding hydrogens is 230 g/mol. The van der Waals surface area contributed by atoms with E-state index in [-0.39, 0.29) is 17.7 Å². The minimum Gasteiger partial charge on any atom is -0.481 e. The van der Waals surface area contributed by atoms with E-state index in [9.17, 15) is 14.7 Å².